The zero-order valence-electron chi connectivity index (χ0n) is 18.1. The average molecular weight is 454 g/mol. The summed E-state index contributed by atoms with van der Waals surface area (Å²) >= 11 is 0. The van der Waals surface area contributed by atoms with Gasteiger partial charge in [0.2, 0.25) is 10.0 Å². The summed E-state index contributed by atoms with van der Waals surface area (Å²) in [6.07, 6.45) is 3.27. The number of carbonyl (C=O) groups excluding carboxylic acids is 1. The maximum atomic E-state index is 12.7. The number of aromatic nitrogens is 1. The first kappa shape index (κ1) is 24.8. The number of hydrogen-bond donors (Lipinski definition) is 3. The molecule has 0 bridgehead atoms. The van der Waals surface area contributed by atoms with Gasteiger partial charge in [0.1, 0.15) is 12.4 Å². The molecule has 1 amide bonds. The van der Waals surface area contributed by atoms with Crippen LogP contribution < -0.4 is 9.62 Å². The number of benzene rings is 1. The lowest BCUT2D eigenvalue weighted by Gasteiger charge is -2.28. The van der Waals surface area contributed by atoms with Gasteiger partial charge in [-0.2, -0.15) is 4.98 Å². The summed E-state index contributed by atoms with van der Waals surface area (Å²) in [5.41, 5.74) is 0.751. The number of carbonyl (C=O) groups is 1. The van der Waals surface area contributed by atoms with Gasteiger partial charge in [0.15, 0.2) is 5.69 Å². The minimum absolute atomic E-state index is 0.128. The maximum Gasteiger partial charge on any atom is 0.311 e. The van der Waals surface area contributed by atoms with E-state index in [2.05, 4.69) is 17.2 Å². The van der Waals surface area contributed by atoms with Gasteiger partial charge in [-0.25, -0.2) is 12.7 Å². The minimum Gasteiger partial charge on any atom is -0.430 e. The topological polar surface area (TPSA) is 133 Å². The lowest BCUT2D eigenvalue weighted by atomic mass is 9.95. The molecular weight excluding hydrogens is 422 g/mol. The normalized spacial score (nSPS) is 14.6. The van der Waals surface area contributed by atoms with E-state index in [1.54, 1.807) is 0 Å². The predicted molar refractivity (Wildman–Crippen MR) is 117 cm³/mol. The molecule has 0 saturated carbocycles. The van der Waals surface area contributed by atoms with Crippen LogP contribution in [0.25, 0.3) is 0 Å². The molecule has 1 heterocycles. The summed E-state index contributed by atoms with van der Waals surface area (Å²) in [6.45, 7) is 2.05. The second kappa shape index (κ2) is 11.3. The first-order valence-electron chi connectivity index (χ1n) is 10.2. The van der Waals surface area contributed by atoms with E-state index >= 15 is 0 Å². The Morgan fingerprint density at radius 3 is 2.52 bits per heavy atom. The third-order valence-electron chi connectivity index (χ3n) is 5.02. The molecule has 1 aromatic heterocycles. The number of aliphatic hydroxyl groups is 2. The molecule has 1 aromatic carbocycles. The van der Waals surface area contributed by atoms with E-state index in [4.69, 9.17) is 4.42 Å². The van der Waals surface area contributed by atoms with E-state index < -0.39 is 34.2 Å². The van der Waals surface area contributed by atoms with Gasteiger partial charge >= 0.3 is 6.01 Å². The Morgan fingerprint density at radius 2 is 1.90 bits per heavy atom. The fraction of sp³-hybridized carbons (Fsp3) is 0.524. The van der Waals surface area contributed by atoms with Gasteiger partial charge in [-0.15, -0.1) is 0 Å². The molecule has 2 aromatic rings. The van der Waals surface area contributed by atoms with Crippen LogP contribution >= 0.6 is 0 Å². The van der Waals surface area contributed by atoms with Crippen molar-refractivity contribution in [2.45, 2.75) is 57.3 Å². The highest BCUT2D eigenvalue weighted by molar-refractivity contribution is 7.92. The summed E-state index contributed by atoms with van der Waals surface area (Å²) in [4.78, 5) is 16.6. The maximum absolute atomic E-state index is 12.7. The molecule has 10 heteroatoms. The lowest BCUT2D eigenvalue weighted by Crippen LogP contribution is -2.49. The van der Waals surface area contributed by atoms with Crippen molar-refractivity contribution < 1.29 is 27.8 Å². The summed E-state index contributed by atoms with van der Waals surface area (Å²) in [6, 6.07) is 8.27. The van der Waals surface area contributed by atoms with Crippen LogP contribution in [0.3, 0.4) is 0 Å². The minimum atomic E-state index is -3.60. The third kappa shape index (κ3) is 7.34. The molecule has 0 fully saturated rings. The van der Waals surface area contributed by atoms with E-state index in [0.29, 0.717) is 12.8 Å². The van der Waals surface area contributed by atoms with Gasteiger partial charge in [-0.05, 0) is 18.4 Å². The Kier molecular flexibility index (Phi) is 9.02. The summed E-state index contributed by atoms with van der Waals surface area (Å²) in [5, 5.41) is 23.9. The molecule has 0 aliphatic heterocycles. The molecule has 0 saturated heterocycles. The van der Waals surface area contributed by atoms with Crippen LogP contribution in [0.2, 0.25) is 0 Å². The number of nitrogens with zero attached hydrogens (tertiary/aromatic N) is 2. The van der Waals surface area contributed by atoms with Gasteiger partial charge in [0.25, 0.3) is 5.91 Å². The van der Waals surface area contributed by atoms with Gasteiger partial charge in [0, 0.05) is 7.05 Å². The van der Waals surface area contributed by atoms with Crippen molar-refractivity contribution in [3.05, 3.63) is 47.9 Å². The van der Waals surface area contributed by atoms with Crippen LogP contribution in [0.4, 0.5) is 6.01 Å². The standard InChI is InChI=1S/C21H31N3O6S/c1-4-5-7-12-18(25)19(26)16(13-15-10-8-6-9-11-15)22-20(27)17-14-30-21(23-17)24(2)31(3,28)29/h6,8-11,14,16,18-19,25-26H,4-5,7,12-13H2,1-3H3,(H,22,27). The Labute approximate surface area is 183 Å². The average Bonchev–Trinajstić information content (AvgIpc) is 3.22. The first-order valence-corrected chi connectivity index (χ1v) is 12.1. The quantitative estimate of drug-likeness (QED) is 0.417. The van der Waals surface area contributed by atoms with Crippen molar-refractivity contribution >= 4 is 21.9 Å². The summed E-state index contributed by atoms with van der Waals surface area (Å²) < 4.78 is 29.2. The van der Waals surface area contributed by atoms with Crippen molar-refractivity contribution in [2.75, 3.05) is 17.6 Å². The highest BCUT2D eigenvalue weighted by atomic mass is 32.2. The smallest absolute Gasteiger partial charge is 0.311 e. The number of amides is 1. The molecule has 0 spiro atoms. The zero-order valence-corrected chi connectivity index (χ0v) is 18.9. The fourth-order valence-corrected chi connectivity index (χ4v) is 3.43. The number of unbranched alkanes of at least 4 members (excludes halogenated alkanes) is 2. The second-order valence-electron chi connectivity index (χ2n) is 7.57. The molecule has 172 valence electrons. The number of aliphatic hydroxyl groups excluding tert-OH is 2. The molecule has 31 heavy (non-hydrogen) atoms. The Hall–Kier alpha value is -2.43. The van der Waals surface area contributed by atoms with Crippen molar-refractivity contribution in [3.8, 4) is 0 Å². The van der Waals surface area contributed by atoms with E-state index in [-0.39, 0.29) is 11.7 Å². The lowest BCUT2D eigenvalue weighted by molar-refractivity contribution is -0.00834. The molecule has 2 rings (SSSR count). The number of sulfonamides is 1. The Morgan fingerprint density at radius 1 is 1.23 bits per heavy atom. The van der Waals surface area contributed by atoms with Crippen molar-refractivity contribution in [2.24, 2.45) is 0 Å². The number of anilines is 1. The van der Waals surface area contributed by atoms with Crippen LogP contribution in [0.5, 0.6) is 0 Å². The highest BCUT2D eigenvalue weighted by Crippen LogP contribution is 2.17. The fourth-order valence-electron chi connectivity index (χ4n) is 3.06. The van der Waals surface area contributed by atoms with Crippen LogP contribution in [-0.2, 0) is 16.4 Å². The van der Waals surface area contributed by atoms with Crippen molar-refractivity contribution in [3.63, 3.8) is 0 Å². The third-order valence-corrected chi connectivity index (χ3v) is 6.17. The van der Waals surface area contributed by atoms with E-state index in [1.807, 2.05) is 30.3 Å². The van der Waals surface area contributed by atoms with Crippen LogP contribution in [-0.4, -0.2) is 61.1 Å². The van der Waals surface area contributed by atoms with Gasteiger partial charge < -0.3 is 19.9 Å². The molecule has 0 aliphatic rings. The number of hydrogen-bond acceptors (Lipinski definition) is 7. The van der Waals surface area contributed by atoms with E-state index in [9.17, 15) is 23.4 Å². The molecule has 9 nitrogen and oxygen atoms in total. The molecule has 3 unspecified atom stereocenters. The van der Waals surface area contributed by atoms with E-state index in [0.717, 1.165) is 41.7 Å². The number of rotatable bonds is 12. The molecular formula is C21H31N3O6S. The highest BCUT2D eigenvalue weighted by Gasteiger charge is 2.29. The summed E-state index contributed by atoms with van der Waals surface area (Å²) in [5.74, 6) is -0.641. The predicted octanol–water partition coefficient (Wildman–Crippen LogP) is 1.71. The number of oxazole rings is 1. The SMILES string of the molecule is CCCCCC(O)C(O)C(Cc1ccccc1)NC(=O)c1coc(N(C)S(C)(=O)=O)n1. The van der Waals surface area contributed by atoms with Gasteiger partial charge in [0.05, 0.1) is 18.4 Å². The van der Waals surface area contributed by atoms with Crippen molar-refractivity contribution in [1.82, 2.24) is 10.3 Å². The van der Waals surface area contributed by atoms with E-state index in [1.165, 1.54) is 7.05 Å². The molecule has 0 radical (unpaired) electrons. The second-order valence-corrected chi connectivity index (χ2v) is 9.58. The monoisotopic (exact) mass is 453 g/mol. The zero-order chi connectivity index (χ0) is 23.0. The van der Waals surface area contributed by atoms with Crippen molar-refractivity contribution in [1.29, 1.82) is 0 Å². The van der Waals surface area contributed by atoms with Gasteiger partial charge in [-0.3, -0.25) is 4.79 Å². The van der Waals surface area contributed by atoms with Gasteiger partial charge in [-0.1, -0.05) is 56.5 Å². The number of nitrogens with one attached hydrogen (secondary N) is 1. The Bertz CT molecular complexity index is 932. The molecule has 0 aliphatic carbocycles. The molecule has 3 N–H and O–H groups in total. The van der Waals surface area contributed by atoms with Crippen LogP contribution in [0, 0.1) is 0 Å². The largest absolute Gasteiger partial charge is 0.430 e. The van der Waals surface area contributed by atoms with Crippen LogP contribution in [0.15, 0.2) is 41.0 Å². The summed E-state index contributed by atoms with van der Waals surface area (Å²) in [7, 11) is -2.33. The Balaban J connectivity index is 2.16. The first-order chi connectivity index (χ1) is 14.6. The molecule has 3 atom stereocenters. The van der Waals surface area contributed by atoms with Crippen LogP contribution in [0.1, 0.15) is 48.7 Å².